The van der Waals surface area contributed by atoms with Crippen LogP contribution in [0.1, 0.15) is 0 Å². The molecule has 0 aliphatic carbocycles. The van der Waals surface area contributed by atoms with Crippen LogP contribution in [0.25, 0.3) is 0 Å². The maximum atomic E-state index is 10.8. The summed E-state index contributed by atoms with van der Waals surface area (Å²) in [5.74, 6) is 1.01. The van der Waals surface area contributed by atoms with Crippen LogP contribution in [0.4, 0.5) is 11.4 Å². The average Bonchev–Trinajstić information content (AvgIpc) is 2.34. The first-order valence-electron chi connectivity index (χ1n) is 4.76. The number of ether oxygens (including phenoxy) is 1. The number of thioether (sulfide) groups is 1. The van der Waals surface area contributed by atoms with Crippen LogP contribution in [0.5, 0.6) is 5.75 Å². The summed E-state index contributed by atoms with van der Waals surface area (Å²) in [6, 6.07) is 4.60. The van der Waals surface area contributed by atoms with Crippen molar-refractivity contribution < 1.29 is 9.66 Å². The minimum absolute atomic E-state index is 0.0358. The minimum Gasteiger partial charge on any atom is -0.496 e. The van der Waals surface area contributed by atoms with Crippen LogP contribution in [-0.2, 0) is 0 Å². The van der Waals surface area contributed by atoms with Gasteiger partial charge in [-0.1, -0.05) is 0 Å². The second kappa shape index (κ2) is 6.60. The number of anilines is 1. The van der Waals surface area contributed by atoms with Crippen LogP contribution < -0.4 is 10.1 Å². The highest BCUT2D eigenvalue weighted by Gasteiger charge is 2.14. The number of nitriles is 1. The Morgan fingerprint density at radius 2 is 2.41 bits per heavy atom. The molecule has 0 bridgehead atoms. The molecule has 17 heavy (non-hydrogen) atoms. The fourth-order valence-corrected chi connectivity index (χ4v) is 1.52. The number of nitrogens with one attached hydrogen (secondary N) is 1. The summed E-state index contributed by atoms with van der Waals surface area (Å²) in [4.78, 5) is 10.4. The molecule has 0 radical (unpaired) electrons. The summed E-state index contributed by atoms with van der Waals surface area (Å²) in [5, 5.41) is 24.0. The number of rotatable bonds is 6. The van der Waals surface area contributed by atoms with Crippen LogP contribution in [0.3, 0.4) is 0 Å². The molecule has 1 aromatic carbocycles. The lowest BCUT2D eigenvalue weighted by atomic mass is 10.2. The zero-order valence-corrected chi connectivity index (χ0v) is 9.99. The van der Waals surface area contributed by atoms with Gasteiger partial charge in [0.1, 0.15) is 16.8 Å². The van der Waals surface area contributed by atoms with E-state index < -0.39 is 4.92 Å². The molecule has 0 aliphatic rings. The normalized spacial score (nSPS) is 9.41. The Morgan fingerprint density at radius 1 is 1.65 bits per heavy atom. The Balaban J connectivity index is 2.77. The minimum atomic E-state index is -0.470. The number of benzene rings is 1. The van der Waals surface area contributed by atoms with E-state index in [0.29, 0.717) is 23.7 Å². The van der Waals surface area contributed by atoms with Crippen LogP contribution in [0.15, 0.2) is 18.2 Å². The Hall–Kier alpha value is -1.94. The third-order valence-corrected chi connectivity index (χ3v) is 2.52. The largest absolute Gasteiger partial charge is 0.496 e. The molecule has 0 heterocycles. The molecule has 0 amide bonds. The molecule has 90 valence electrons. The molecule has 0 atom stereocenters. The van der Waals surface area contributed by atoms with Crippen molar-refractivity contribution in [2.24, 2.45) is 0 Å². The van der Waals surface area contributed by atoms with Gasteiger partial charge in [-0.05, 0) is 23.9 Å². The van der Waals surface area contributed by atoms with Crippen molar-refractivity contribution in [3.63, 3.8) is 0 Å². The fourth-order valence-electron chi connectivity index (χ4n) is 1.22. The average molecular weight is 253 g/mol. The topological polar surface area (TPSA) is 88.2 Å². The first-order chi connectivity index (χ1) is 8.19. The Morgan fingerprint density at radius 3 is 3.00 bits per heavy atom. The summed E-state index contributed by atoms with van der Waals surface area (Å²) >= 11 is 1.10. The maximum Gasteiger partial charge on any atom is 0.296 e. The van der Waals surface area contributed by atoms with E-state index in [2.05, 4.69) is 5.32 Å². The number of nitrogens with zero attached hydrogens (tertiary/aromatic N) is 2. The van der Waals surface area contributed by atoms with E-state index in [9.17, 15) is 10.1 Å². The number of thiocyanates is 1. The lowest BCUT2D eigenvalue weighted by molar-refractivity contribution is -0.384. The molecule has 1 rings (SSSR count). The molecule has 1 N–H and O–H groups in total. The van der Waals surface area contributed by atoms with E-state index in [4.69, 9.17) is 10.00 Å². The van der Waals surface area contributed by atoms with Crippen LogP contribution in [0, 0.1) is 20.8 Å². The van der Waals surface area contributed by atoms with Gasteiger partial charge in [0, 0.05) is 12.3 Å². The number of nitro benzene ring substituents is 1. The molecule has 0 unspecified atom stereocenters. The van der Waals surface area contributed by atoms with Crippen LogP contribution in [0.2, 0.25) is 0 Å². The van der Waals surface area contributed by atoms with Gasteiger partial charge >= 0.3 is 0 Å². The van der Waals surface area contributed by atoms with Gasteiger partial charge < -0.3 is 10.1 Å². The Labute approximate surface area is 103 Å². The number of methoxy groups -OCH3 is 1. The van der Waals surface area contributed by atoms with E-state index in [0.717, 1.165) is 11.8 Å². The molecule has 0 fully saturated rings. The monoisotopic (exact) mass is 253 g/mol. The number of hydrogen-bond donors (Lipinski definition) is 1. The Kier molecular flexibility index (Phi) is 5.10. The van der Waals surface area contributed by atoms with Gasteiger partial charge in [-0.15, -0.1) is 0 Å². The highest BCUT2D eigenvalue weighted by molar-refractivity contribution is 8.03. The standard InChI is InChI=1S/C10H11N3O3S/c1-16-8-2-3-9(10(6-8)13(14)15)12-4-5-17-7-11/h2-3,6,12H,4-5H2,1H3. The number of hydrogen-bond acceptors (Lipinski definition) is 6. The van der Waals surface area contributed by atoms with Crippen molar-refractivity contribution in [2.75, 3.05) is 24.7 Å². The summed E-state index contributed by atoms with van der Waals surface area (Å²) in [6.45, 7) is 0.491. The molecular weight excluding hydrogens is 242 g/mol. The van der Waals surface area contributed by atoms with E-state index in [1.807, 2.05) is 5.40 Å². The highest BCUT2D eigenvalue weighted by atomic mass is 32.2. The zero-order valence-electron chi connectivity index (χ0n) is 9.17. The second-order valence-electron chi connectivity index (χ2n) is 3.01. The molecule has 6 nitrogen and oxygen atoms in total. The molecule has 0 spiro atoms. The summed E-state index contributed by atoms with van der Waals surface area (Å²) in [7, 11) is 1.45. The Bertz CT molecular complexity index is 445. The van der Waals surface area contributed by atoms with Crippen molar-refractivity contribution in [1.29, 1.82) is 5.26 Å². The van der Waals surface area contributed by atoms with Crippen molar-refractivity contribution >= 4 is 23.1 Å². The molecule has 0 aliphatic heterocycles. The molecule has 1 aromatic rings. The maximum absolute atomic E-state index is 10.8. The first kappa shape index (κ1) is 13.1. The lowest BCUT2D eigenvalue weighted by Gasteiger charge is -2.07. The van der Waals surface area contributed by atoms with Gasteiger partial charge in [-0.25, -0.2) is 0 Å². The van der Waals surface area contributed by atoms with E-state index in [1.54, 1.807) is 12.1 Å². The van der Waals surface area contributed by atoms with Gasteiger partial charge in [0.25, 0.3) is 5.69 Å². The zero-order chi connectivity index (χ0) is 12.7. The lowest BCUT2D eigenvalue weighted by Crippen LogP contribution is -2.06. The van der Waals surface area contributed by atoms with Crippen molar-refractivity contribution in [1.82, 2.24) is 0 Å². The van der Waals surface area contributed by atoms with Gasteiger partial charge in [-0.3, -0.25) is 10.1 Å². The van der Waals surface area contributed by atoms with Crippen molar-refractivity contribution in [3.05, 3.63) is 28.3 Å². The summed E-state index contributed by atoms with van der Waals surface area (Å²) < 4.78 is 4.92. The van der Waals surface area contributed by atoms with Crippen molar-refractivity contribution in [2.45, 2.75) is 0 Å². The molecule has 0 saturated carbocycles. The van der Waals surface area contributed by atoms with E-state index in [-0.39, 0.29) is 5.69 Å². The fraction of sp³-hybridized carbons (Fsp3) is 0.300. The highest BCUT2D eigenvalue weighted by Crippen LogP contribution is 2.28. The van der Waals surface area contributed by atoms with Gasteiger partial charge in [0.2, 0.25) is 0 Å². The quantitative estimate of drug-likeness (QED) is 0.362. The summed E-state index contributed by atoms with van der Waals surface area (Å²) in [5.41, 5.74) is 0.389. The third kappa shape index (κ3) is 3.85. The van der Waals surface area contributed by atoms with E-state index >= 15 is 0 Å². The smallest absolute Gasteiger partial charge is 0.296 e. The van der Waals surface area contributed by atoms with Crippen molar-refractivity contribution in [3.8, 4) is 11.2 Å². The van der Waals surface area contributed by atoms with Crippen LogP contribution in [-0.4, -0.2) is 24.3 Å². The van der Waals surface area contributed by atoms with Gasteiger partial charge in [0.05, 0.1) is 18.1 Å². The van der Waals surface area contributed by atoms with E-state index in [1.165, 1.54) is 13.2 Å². The summed E-state index contributed by atoms with van der Waals surface area (Å²) in [6.07, 6.45) is 0. The first-order valence-corrected chi connectivity index (χ1v) is 5.74. The second-order valence-corrected chi connectivity index (χ2v) is 3.89. The predicted octanol–water partition coefficient (Wildman–Crippen LogP) is 2.23. The SMILES string of the molecule is COc1ccc(NCCSC#N)c([N+](=O)[O-])c1. The van der Waals surface area contributed by atoms with Gasteiger partial charge in [0.15, 0.2) is 0 Å². The number of nitro groups is 1. The predicted molar refractivity (Wildman–Crippen MR) is 66.2 cm³/mol. The molecule has 0 aromatic heterocycles. The third-order valence-electron chi connectivity index (χ3n) is 1.99. The molecule has 0 saturated heterocycles. The molecule has 7 heteroatoms. The molecular formula is C10H11N3O3S. The van der Waals surface area contributed by atoms with Gasteiger partial charge in [-0.2, -0.15) is 5.26 Å². The van der Waals surface area contributed by atoms with Crippen LogP contribution >= 0.6 is 11.8 Å².